The van der Waals surface area contributed by atoms with E-state index >= 15 is 0 Å². The molecule has 8 heteroatoms. The van der Waals surface area contributed by atoms with Crippen LogP contribution in [-0.4, -0.2) is 30.3 Å². The molecule has 0 aliphatic rings. The molecule has 2 heterocycles. The predicted octanol–water partition coefficient (Wildman–Crippen LogP) is 3.71. The van der Waals surface area contributed by atoms with Gasteiger partial charge in [0.1, 0.15) is 5.82 Å². The van der Waals surface area contributed by atoms with Gasteiger partial charge < -0.3 is 5.32 Å². The van der Waals surface area contributed by atoms with Gasteiger partial charge in [0, 0.05) is 24.2 Å². The molecule has 1 N–H and O–H groups in total. The number of aryl methyl sites for hydroxylation is 2. The van der Waals surface area contributed by atoms with Gasteiger partial charge in [-0.3, -0.25) is 9.78 Å². The van der Waals surface area contributed by atoms with Crippen LogP contribution in [0.2, 0.25) is 0 Å². The second-order valence-corrected chi connectivity index (χ2v) is 8.20. The van der Waals surface area contributed by atoms with Crippen LogP contribution in [0.1, 0.15) is 21.5 Å². The number of aromatic nitrogens is 2. The Balaban J connectivity index is 1.86. The fourth-order valence-corrected chi connectivity index (χ4v) is 3.38. The van der Waals surface area contributed by atoms with E-state index in [1.807, 2.05) is 13.8 Å². The summed E-state index contributed by atoms with van der Waals surface area (Å²) in [7, 11) is -3.95. The van der Waals surface area contributed by atoms with Crippen LogP contribution in [0.25, 0.3) is 11.1 Å². The first-order valence-electron chi connectivity index (χ1n) is 8.39. The summed E-state index contributed by atoms with van der Waals surface area (Å²) < 4.78 is 36.4. The van der Waals surface area contributed by atoms with Crippen LogP contribution in [0.15, 0.2) is 59.9 Å². The summed E-state index contributed by atoms with van der Waals surface area (Å²) >= 11 is 0. The molecule has 0 spiro atoms. The summed E-state index contributed by atoms with van der Waals surface area (Å²) in [5.74, 6) is 0.0280. The van der Waals surface area contributed by atoms with Crippen molar-refractivity contribution in [1.29, 1.82) is 0 Å². The number of carbonyl (C=O) groups is 1. The van der Waals surface area contributed by atoms with Gasteiger partial charge in [-0.05, 0) is 60.9 Å². The van der Waals surface area contributed by atoms with Crippen LogP contribution in [0.3, 0.4) is 0 Å². The molecule has 1 aromatic carbocycles. The quantitative estimate of drug-likeness (QED) is 0.706. The Labute approximate surface area is 162 Å². The highest BCUT2D eigenvalue weighted by Gasteiger charge is 2.16. The van der Waals surface area contributed by atoms with Crippen molar-refractivity contribution in [2.24, 2.45) is 0 Å². The van der Waals surface area contributed by atoms with Crippen LogP contribution >= 0.6 is 0 Å². The second kappa shape index (κ2) is 7.85. The fourth-order valence-electron chi connectivity index (χ4n) is 2.68. The lowest BCUT2D eigenvalue weighted by molar-refractivity contribution is 0.102. The highest BCUT2D eigenvalue weighted by atomic mass is 32.2. The van der Waals surface area contributed by atoms with Gasteiger partial charge in [-0.15, -0.1) is 0 Å². The molecule has 0 unspecified atom stereocenters. The molecule has 3 aromatic rings. The molecule has 0 bridgehead atoms. The van der Waals surface area contributed by atoms with Crippen LogP contribution in [0.4, 0.5) is 10.2 Å². The van der Waals surface area contributed by atoms with E-state index in [9.17, 15) is 17.6 Å². The monoisotopic (exact) mass is 399 g/mol. The molecule has 144 valence electrons. The number of hydrogen-bond acceptors (Lipinski definition) is 5. The first-order chi connectivity index (χ1) is 13.3. The topological polar surface area (TPSA) is 89.0 Å². The SMILES string of the molecule is Cc1ccncc1C(=O)Nc1ccc(-c2cc(S(=O)(=O)CF)ccc2C)cn1. The number of anilines is 1. The third-order valence-electron chi connectivity index (χ3n) is 4.31. The number of nitrogens with one attached hydrogen (secondary N) is 1. The van der Waals surface area contributed by atoms with E-state index in [2.05, 4.69) is 15.3 Å². The number of nitrogens with zero attached hydrogens (tertiary/aromatic N) is 2. The number of carbonyl (C=O) groups excluding carboxylic acids is 1. The lowest BCUT2D eigenvalue weighted by atomic mass is 10.0. The van der Waals surface area contributed by atoms with Crippen LogP contribution in [0, 0.1) is 13.8 Å². The van der Waals surface area contributed by atoms with E-state index in [0.717, 1.165) is 11.1 Å². The zero-order valence-electron chi connectivity index (χ0n) is 15.3. The molecule has 0 radical (unpaired) electrons. The van der Waals surface area contributed by atoms with E-state index in [1.165, 1.54) is 24.5 Å². The maximum atomic E-state index is 12.8. The Morgan fingerprint density at radius 3 is 2.50 bits per heavy atom. The highest BCUT2D eigenvalue weighted by Crippen LogP contribution is 2.27. The summed E-state index contributed by atoms with van der Waals surface area (Å²) in [5, 5.41) is 2.70. The lowest BCUT2D eigenvalue weighted by Crippen LogP contribution is -2.14. The van der Waals surface area contributed by atoms with Gasteiger partial charge in [-0.25, -0.2) is 17.8 Å². The first-order valence-corrected chi connectivity index (χ1v) is 10.0. The third-order valence-corrected chi connectivity index (χ3v) is 5.57. The van der Waals surface area contributed by atoms with Crippen molar-refractivity contribution < 1.29 is 17.6 Å². The minimum absolute atomic E-state index is 0.0833. The maximum Gasteiger partial charge on any atom is 0.258 e. The van der Waals surface area contributed by atoms with Gasteiger partial charge >= 0.3 is 0 Å². The Bertz CT molecular complexity index is 1130. The number of alkyl halides is 1. The molecule has 2 aromatic heterocycles. The molecular formula is C20H18FN3O3S. The van der Waals surface area contributed by atoms with Crippen molar-refractivity contribution >= 4 is 21.6 Å². The standard InChI is InChI=1S/C20H18FN3O3S/c1-13-3-5-16(28(26,27)12-21)9-17(13)15-4-6-19(23-10-15)24-20(25)18-11-22-8-7-14(18)2/h3-11H,12H2,1-2H3,(H,23,24,25). The molecule has 0 atom stereocenters. The van der Waals surface area contributed by atoms with Crippen molar-refractivity contribution in [3.63, 3.8) is 0 Å². The third kappa shape index (κ3) is 4.07. The first kappa shape index (κ1) is 19.6. The number of pyridine rings is 2. The summed E-state index contributed by atoms with van der Waals surface area (Å²) in [5.41, 5.74) is 3.35. The molecular weight excluding hydrogens is 381 g/mol. The molecule has 0 aliphatic heterocycles. The van der Waals surface area contributed by atoms with E-state index in [4.69, 9.17) is 0 Å². The van der Waals surface area contributed by atoms with Crippen molar-refractivity contribution in [3.05, 3.63) is 71.7 Å². The van der Waals surface area contributed by atoms with E-state index in [0.29, 0.717) is 22.5 Å². The van der Waals surface area contributed by atoms with Gasteiger partial charge in [0.05, 0.1) is 10.5 Å². The Kier molecular flexibility index (Phi) is 5.51. The average molecular weight is 399 g/mol. The van der Waals surface area contributed by atoms with Crippen LogP contribution < -0.4 is 5.32 Å². The number of benzene rings is 1. The van der Waals surface area contributed by atoms with Crippen molar-refractivity contribution in [1.82, 2.24) is 9.97 Å². The number of rotatable bonds is 5. The van der Waals surface area contributed by atoms with Gasteiger partial charge in [0.2, 0.25) is 9.84 Å². The molecule has 1 amide bonds. The van der Waals surface area contributed by atoms with Gasteiger partial charge in [-0.2, -0.15) is 0 Å². The molecule has 0 fully saturated rings. The van der Waals surface area contributed by atoms with Crippen molar-refractivity contribution in [2.45, 2.75) is 18.7 Å². The summed E-state index contributed by atoms with van der Waals surface area (Å²) in [6, 6.07) is 8.06. The number of hydrogen-bond donors (Lipinski definition) is 1. The highest BCUT2D eigenvalue weighted by molar-refractivity contribution is 7.91. The van der Waals surface area contributed by atoms with Crippen molar-refractivity contribution in [2.75, 3.05) is 11.3 Å². The van der Waals surface area contributed by atoms with E-state index < -0.39 is 15.8 Å². The summed E-state index contributed by atoms with van der Waals surface area (Å²) in [6.45, 7) is 3.64. The molecule has 28 heavy (non-hydrogen) atoms. The van der Waals surface area contributed by atoms with Crippen LogP contribution in [-0.2, 0) is 9.84 Å². The second-order valence-electron chi connectivity index (χ2n) is 6.28. The molecule has 0 saturated heterocycles. The Morgan fingerprint density at radius 1 is 1.07 bits per heavy atom. The molecule has 6 nitrogen and oxygen atoms in total. The number of halogens is 1. The lowest BCUT2D eigenvalue weighted by Gasteiger charge is -2.10. The number of amides is 1. The predicted molar refractivity (Wildman–Crippen MR) is 104 cm³/mol. The maximum absolute atomic E-state index is 12.8. The van der Waals surface area contributed by atoms with E-state index in [1.54, 1.807) is 30.5 Å². The minimum atomic E-state index is -3.95. The molecule has 0 saturated carbocycles. The Morgan fingerprint density at radius 2 is 1.86 bits per heavy atom. The van der Waals surface area contributed by atoms with Crippen molar-refractivity contribution in [3.8, 4) is 11.1 Å². The van der Waals surface area contributed by atoms with Crippen LogP contribution in [0.5, 0.6) is 0 Å². The Hall–Kier alpha value is -3.13. The zero-order valence-corrected chi connectivity index (χ0v) is 16.1. The van der Waals surface area contributed by atoms with Gasteiger partial charge in [0.15, 0.2) is 6.01 Å². The van der Waals surface area contributed by atoms with Gasteiger partial charge in [-0.1, -0.05) is 6.07 Å². The minimum Gasteiger partial charge on any atom is -0.307 e. The van der Waals surface area contributed by atoms with Gasteiger partial charge in [0.25, 0.3) is 5.91 Å². The van der Waals surface area contributed by atoms with E-state index in [-0.39, 0.29) is 10.8 Å². The molecule has 0 aliphatic carbocycles. The number of sulfone groups is 1. The molecule has 3 rings (SSSR count). The zero-order chi connectivity index (χ0) is 20.3. The average Bonchev–Trinajstić information content (AvgIpc) is 2.69. The summed E-state index contributed by atoms with van der Waals surface area (Å²) in [4.78, 5) is 20.4. The summed E-state index contributed by atoms with van der Waals surface area (Å²) in [6.07, 6.45) is 4.62. The largest absolute Gasteiger partial charge is 0.307 e. The normalized spacial score (nSPS) is 11.2. The fraction of sp³-hybridized carbons (Fsp3) is 0.150. The smallest absolute Gasteiger partial charge is 0.258 e.